The first-order valence-corrected chi connectivity index (χ1v) is 9.31. The lowest BCUT2D eigenvalue weighted by atomic mass is 10.1. The fourth-order valence-electron chi connectivity index (χ4n) is 2.81. The van der Waals surface area contributed by atoms with Crippen molar-refractivity contribution in [1.82, 2.24) is 0 Å². The molecule has 1 atom stereocenters. The third-order valence-electron chi connectivity index (χ3n) is 4.22. The number of nitrogens with two attached hydrogens (primary N) is 2. The summed E-state index contributed by atoms with van der Waals surface area (Å²) >= 11 is 0. The molecule has 0 amide bonds. The molecule has 0 aromatic heterocycles. The Kier molecular flexibility index (Phi) is 5.36. The summed E-state index contributed by atoms with van der Waals surface area (Å²) in [6.07, 6.45) is -0.0688. The Hall–Kier alpha value is -2.16. The summed E-state index contributed by atoms with van der Waals surface area (Å²) in [6, 6.07) is 10.0. The number of hydrogen-bond acceptors (Lipinski definition) is 6. The van der Waals surface area contributed by atoms with E-state index in [1.807, 2.05) is 25.1 Å². The lowest BCUT2D eigenvalue weighted by molar-refractivity contribution is -0.140. The number of aliphatic carboxylic acids is 1. The second kappa shape index (κ2) is 6.99. The summed E-state index contributed by atoms with van der Waals surface area (Å²) in [4.78, 5) is 11.1. The van der Waals surface area contributed by atoms with Gasteiger partial charge in [0.05, 0.1) is 4.90 Å². The number of nitrogens with zero attached hydrogens (tertiary/aromatic N) is 1. The molecule has 25 heavy (non-hydrogen) atoms. The molecule has 0 fully saturated rings. The zero-order valence-electron chi connectivity index (χ0n) is 14.3. The van der Waals surface area contributed by atoms with Gasteiger partial charge in [0.1, 0.15) is 0 Å². The van der Waals surface area contributed by atoms with Gasteiger partial charge >= 0.3 is 5.97 Å². The second-order valence-corrected chi connectivity index (χ2v) is 8.29. The molecule has 0 saturated carbocycles. The van der Waals surface area contributed by atoms with E-state index in [1.54, 1.807) is 24.3 Å². The number of sulfone groups is 1. The van der Waals surface area contributed by atoms with E-state index in [2.05, 4.69) is 0 Å². The van der Waals surface area contributed by atoms with Crippen LogP contribution in [-0.2, 0) is 14.6 Å². The van der Waals surface area contributed by atoms with Crippen LogP contribution in [0, 0.1) is 0 Å². The molecular weight excluding hydrogens is 342 g/mol. The molecule has 136 valence electrons. The average Bonchev–Trinajstić information content (AvgIpc) is 2.57. The van der Waals surface area contributed by atoms with Crippen LogP contribution in [0.3, 0.4) is 0 Å². The van der Waals surface area contributed by atoms with Gasteiger partial charge < -0.3 is 21.5 Å². The fourth-order valence-corrected chi connectivity index (χ4v) is 4.57. The number of carboxylic acid groups (broad SMARTS) is 1. The lowest BCUT2D eigenvalue weighted by Crippen LogP contribution is -2.54. The quantitative estimate of drug-likeness (QED) is 0.672. The highest BCUT2D eigenvalue weighted by Crippen LogP contribution is 2.34. The average molecular weight is 365 g/mol. The molecule has 8 heteroatoms. The first kappa shape index (κ1) is 19.2. The van der Waals surface area contributed by atoms with Crippen molar-refractivity contribution >= 4 is 32.3 Å². The van der Waals surface area contributed by atoms with Crippen molar-refractivity contribution in [2.75, 3.05) is 25.5 Å². The Balaban J connectivity index is 2.75. The maximum Gasteiger partial charge on any atom is 0.339 e. The smallest absolute Gasteiger partial charge is 0.339 e. The maximum atomic E-state index is 13.1. The van der Waals surface area contributed by atoms with Gasteiger partial charge in [-0.2, -0.15) is 0 Å². The maximum absolute atomic E-state index is 13.1. The fraction of sp³-hybridized carbons (Fsp3) is 0.353. The third-order valence-corrected chi connectivity index (χ3v) is 6.50. The minimum absolute atomic E-state index is 0.0874. The van der Waals surface area contributed by atoms with Crippen molar-refractivity contribution in [2.45, 2.75) is 22.6 Å². The molecule has 0 radical (unpaired) electrons. The molecule has 0 bridgehead atoms. The van der Waals surface area contributed by atoms with Crippen LogP contribution >= 0.6 is 0 Å². The summed E-state index contributed by atoms with van der Waals surface area (Å²) < 4.78 is 26.3. The van der Waals surface area contributed by atoms with Crippen molar-refractivity contribution in [2.24, 2.45) is 11.5 Å². The van der Waals surface area contributed by atoms with Crippen molar-refractivity contribution < 1.29 is 18.3 Å². The van der Waals surface area contributed by atoms with Gasteiger partial charge in [-0.15, -0.1) is 0 Å². The van der Waals surface area contributed by atoms with E-state index in [0.29, 0.717) is 10.8 Å². The number of rotatable bonds is 7. The first-order chi connectivity index (χ1) is 11.7. The molecule has 0 aliphatic rings. The largest absolute Gasteiger partial charge is 0.479 e. The van der Waals surface area contributed by atoms with Crippen LogP contribution in [0.25, 0.3) is 10.8 Å². The van der Waals surface area contributed by atoms with Gasteiger partial charge in [-0.25, -0.2) is 13.2 Å². The van der Waals surface area contributed by atoms with Crippen LogP contribution in [0.2, 0.25) is 0 Å². The van der Waals surface area contributed by atoms with Crippen molar-refractivity contribution in [3.63, 3.8) is 0 Å². The number of anilines is 1. The van der Waals surface area contributed by atoms with E-state index >= 15 is 0 Å². The molecule has 0 unspecified atom stereocenters. The monoisotopic (exact) mass is 365 g/mol. The molecule has 0 spiro atoms. The number of carboxylic acids is 1. The molecule has 2 aromatic rings. The first-order valence-electron chi connectivity index (χ1n) is 7.83. The normalized spacial score (nSPS) is 14.2. The topological polar surface area (TPSA) is 127 Å². The van der Waals surface area contributed by atoms with Gasteiger partial charge in [0, 0.05) is 30.6 Å². The number of carbonyl (C=O) groups is 1. The van der Waals surface area contributed by atoms with Gasteiger partial charge in [0.25, 0.3) is 0 Å². The number of fused-ring (bicyclic) bond motifs is 1. The minimum atomic E-state index is -4.34. The van der Waals surface area contributed by atoms with Gasteiger partial charge in [0.2, 0.25) is 14.7 Å². The Bertz CT molecular complexity index is 896. The standard InChI is InChI=1S/C17H23N3O4S/c1-20(2)14-8-3-7-13-12(14)6-4-9-15(13)25(23,24)17(19,16(21)22)10-5-11-18/h3-4,6-9H,5,10-11,18-19H2,1-2H3,(H,21,22)/t17-/m1/s1. The van der Waals surface area contributed by atoms with E-state index in [-0.39, 0.29) is 24.3 Å². The summed E-state index contributed by atoms with van der Waals surface area (Å²) in [7, 11) is -0.639. The zero-order valence-corrected chi connectivity index (χ0v) is 15.1. The van der Waals surface area contributed by atoms with Crippen LogP contribution in [0.15, 0.2) is 41.3 Å². The molecule has 5 N–H and O–H groups in total. The molecule has 0 saturated heterocycles. The zero-order chi connectivity index (χ0) is 18.8. The molecular formula is C17H23N3O4S. The highest BCUT2D eigenvalue weighted by molar-refractivity contribution is 7.93. The van der Waals surface area contributed by atoms with Crippen molar-refractivity contribution in [3.05, 3.63) is 36.4 Å². The van der Waals surface area contributed by atoms with Crippen LogP contribution in [-0.4, -0.2) is 45.0 Å². The summed E-state index contributed by atoms with van der Waals surface area (Å²) in [5, 5.41) is 10.7. The number of benzene rings is 2. The van der Waals surface area contributed by atoms with E-state index in [0.717, 1.165) is 5.69 Å². The summed E-state index contributed by atoms with van der Waals surface area (Å²) in [5.74, 6) is -1.58. The molecule has 2 rings (SSSR count). The van der Waals surface area contributed by atoms with E-state index in [1.165, 1.54) is 6.07 Å². The molecule has 2 aromatic carbocycles. The Labute approximate surface area is 147 Å². The summed E-state index contributed by atoms with van der Waals surface area (Å²) in [5.41, 5.74) is 12.1. The molecule has 0 aliphatic carbocycles. The Morgan fingerprint density at radius 3 is 2.32 bits per heavy atom. The highest BCUT2D eigenvalue weighted by Gasteiger charge is 2.48. The Morgan fingerprint density at radius 2 is 1.76 bits per heavy atom. The summed E-state index contributed by atoms with van der Waals surface area (Å²) in [6.45, 7) is 0.155. The predicted molar refractivity (Wildman–Crippen MR) is 98.3 cm³/mol. The molecule has 0 heterocycles. The van der Waals surface area contributed by atoms with Gasteiger partial charge in [-0.05, 0) is 31.5 Å². The van der Waals surface area contributed by atoms with Crippen molar-refractivity contribution in [3.8, 4) is 0 Å². The van der Waals surface area contributed by atoms with Crippen LogP contribution in [0.1, 0.15) is 12.8 Å². The minimum Gasteiger partial charge on any atom is -0.479 e. The Morgan fingerprint density at radius 1 is 1.16 bits per heavy atom. The highest BCUT2D eigenvalue weighted by atomic mass is 32.2. The van der Waals surface area contributed by atoms with E-state index < -0.39 is 20.7 Å². The molecule has 0 aliphatic heterocycles. The van der Waals surface area contributed by atoms with Crippen molar-refractivity contribution in [1.29, 1.82) is 0 Å². The van der Waals surface area contributed by atoms with Gasteiger partial charge in [-0.3, -0.25) is 0 Å². The third kappa shape index (κ3) is 3.20. The van der Waals surface area contributed by atoms with Gasteiger partial charge in [-0.1, -0.05) is 24.3 Å². The van der Waals surface area contributed by atoms with Gasteiger partial charge in [0.15, 0.2) is 0 Å². The van der Waals surface area contributed by atoms with Crippen LogP contribution in [0.4, 0.5) is 5.69 Å². The number of hydrogen-bond donors (Lipinski definition) is 3. The predicted octanol–water partition coefficient (Wildman–Crippen LogP) is 1.16. The van der Waals surface area contributed by atoms with E-state index in [4.69, 9.17) is 11.5 Å². The molecule has 7 nitrogen and oxygen atoms in total. The van der Waals surface area contributed by atoms with Crippen LogP contribution < -0.4 is 16.4 Å². The lowest BCUT2D eigenvalue weighted by Gasteiger charge is -2.26. The van der Waals surface area contributed by atoms with E-state index in [9.17, 15) is 18.3 Å². The SMILES string of the molecule is CN(C)c1cccc2c(S(=O)(=O)[C@](N)(CCCN)C(=O)O)cccc12. The second-order valence-electron chi connectivity index (χ2n) is 6.11. The van der Waals surface area contributed by atoms with Crippen LogP contribution in [0.5, 0.6) is 0 Å².